The molecule has 0 unspecified atom stereocenters. The van der Waals surface area contributed by atoms with Crippen molar-refractivity contribution in [1.29, 1.82) is 0 Å². The third-order valence-corrected chi connectivity index (χ3v) is 3.12. The molecule has 0 saturated carbocycles. The number of carbonyl (C=O) groups is 1. The minimum Gasteiger partial charge on any atom is -0.325 e. The lowest BCUT2D eigenvalue weighted by atomic mass is 10.2. The Morgan fingerprint density at radius 3 is 2.82 bits per heavy atom. The molecule has 1 rings (SSSR count). The van der Waals surface area contributed by atoms with E-state index in [1.54, 1.807) is 13.0 Å². The van der Waals surface area contributed by atoms with Crippen LogP contribution in [0.5, 0.6) is 0 Å². The maximum absolute atomic E-state index is 11.7. The van der Waals surface area contributed by atoms with Crippen LogP contribution >= 0.6 is 22.6 Å². The number of aromatic nitrogens is 1. The Bertz CT molecular complexity index is 468. The Labute approximate surface area is 113 Å². The average Bonchev–Trinajstić information content (AvgIpc) is 2.22. The van der Waals surface area contributed by atoms with Crippen molar-refractivity contribution in [1.82, 2.24) is 10.5 Å². The number of carbonyl (C=O) groups excluding carboxylic acids is 1. The molecular weight excluding hydrogens is 335 g/mol. The quantitative estimate of drug-likeness (QED) is 0.640. The SMILES string of the molecule is Cc1[nH]c(=O)c(C(=O)NOCC(C)C)cc1I. The van der Waals surface area contributed by atoms with Gasteiger partial charge in [-0.1, -0.05) is 13.8 Å². The van der Waals surface area contributed by atoms with Gasteiger partial charge in [-0.05, 0) is 41.5 Å². The topological polar surface area (TPSA) is 71.2 Å². The number of aromatic amines is 1. The predicted molar refractivity (Wildman–Crippen MR) is 72.8 cm³/mol. The minimum absolute atomic E-state index is 0.0590. The first-order valence-electron chi connectivity index (χ1n) is 5.23. The Morgan fingerprint density at radius 1 is 1.59 bits per heavy atom. The number of amides is 1. The van der Waals surface area contributed by atoms with Crippen LogP contribution in [0.15, 0.2) is 10.9 Å². The lowest BCUT2D eigenvalue weighted by Gasteiger charge is -2.08. The van der Waals surface area contributed by atoms with Crippen LogP contribution in [0.25, 0.3) is 0 Å². The number of hydrogen-bond donors (Lipinski definition) is 2. The molecule has 1 aromatic heterocycles. The number of H-pyrrole nitrogens is 1. The molecule has 1 aromatic rings. The van der Waals surface area contributed by atoms with Gasteiger partial charge in [0, 0.05) is 9.26 Å². The van der Waals surface area contributed by atoms with Crippen molar-refractivity contribution in [3.05, 3.63) is 31.2 Å². The smallest absolute Gasteiger partial charge is 0.280 e. The van der Waals surface area contributed by atoms with Crippen molar-refractivity contribution in [3.63, 3.8) is 0 Å². The van der Waals surface area contributed by atoms with Crippen LogP contribution in [0, 0.1) is 16.4 Å². The van der Waals surface area contributed by atoms with Crippen molar-refractivity contribution in [2.75, 3.05) is 6.61 Å². The number of pyridine rings is 1. The number of halogens is 1. The summed E-state index contributed by atoms with van der Waals surface area (Å²) >= 11 is 2.06. The zero-order chi connectivity index (χ0) is 13.0. The first-order valence-corrected chi connectivity index (χ1v) is 6.31. The molecule has 2 N–H and O–H groups in total. The van der Waals surface area contributed by atoms with Crippen LogP contribution in [-0.2, 0) is 4.84 Å². The molecule has 6 heteroatoms. The van der Waals surface area contributed by atoms with Crippen LogP contribution < -0.4 is 11.0 Å². The van der Waals surface area contributed by atoms with E-state index in [9.17, 15) is 9.59 Å². The van der Waals surface area contributed by atoms with E-state index in [2.05, 4.69) is 33.1 Å². The van der Waals surface area contributed by atoms with Crippen molar-refractivity contribution in [2.24, 2.45) is 5.92 Å². The van der Waals surface area contributed by atoms with Crippen LogP contribution in [0.3, 0.4) is 0 Å². The van der Waals surface area contributed by atoms with E-state index in [4.69, 9.17) is 4.84 Å². The number of aryl methyl sites for hydroxylation is 1. The molecule has 5 nitrogen and oxygen atoms in total. The monoisotopic (exact) mass is 350 g/mol. The summed E-state index contributed by atoms with van der Waals surface area (Å²) in [5, 5.41) is 0. The number of nitrogens with one attached hydrogen (secondary N) is 2. The molecule has 0 atom stereocenters. The molecule has 1 heterocycles. The molecule has 0 aliphatic rings. The van der Waals surface area contributed by atoms with Gasteiger partial charge in [0.2, 0.25) is 0 Å². The van der Waals surface area contributed by atoms with Gasteiger partial charge in [0.25, 0.3) is 11.5 Å². The van der Waals surface area contributed by atoms with Crippen molar-refractivity contribution >= 4 is 28.5 Å². The summed E-state index contributed by atoms with van der Waals surface area (Å²) in [6, 6.07) is 1.54. The summed E-state index contributed by atoms with van der Waals surface area (Å²) < 4.78 is 0.830. The normalized spacial score (nSPS) is 10.6. The number of hydroxylamine groups is 1. The van der Waals surface area contributed by atoms with Gasteiger partial charge in [-0.2, -0.15) is 0 Å². The van der Waals surface area contributed by atoms with Crippen molar-refractivity contribution < 1.29 is 9.63 Å². The van der Waals surface area contributed by atoms with Gasteiger partial charge < -0.3 is 4.98 Å². The Kier molecular flexibility index (Phi) is 5.13. The van der Waals surface area contributed by atoms with Gasteiger partial charge in [0.1, 0.15) is 5.56 Å². The highest BCUT2D eigenvalue weighted by Gasteiger charge is 2.12. The fourth-order valence-corrected chi connectivity index (χ4v) is 1.54. The second-order valence-corrected chi connectivity index (χ2v) is 5.28. The van der Waals surface area contributed by atoms with Crippen molar-refractivity contribution in [3.8, 4) is 0 Å². The Hall–Kier alpha value is -0.890. The predicted octanol–water partition coefficient (Wildman–Crippen LogP) is 1.61. The summed E-state index contributed by atoms with van der Waals surface area (Å²) in [5.41, 5.74) is 2.65. The van der Waals surface area contributed by atoms with Crippen LogP contribution in [-0.4, -0.2) is 17.5 Å². The molecule has 0 aromatic carbocycles. The van der Waals surface area contributed by atoms with Gasteiger partial charge in [0.15, 0.2) is 0 Å². The zero-order valence-electron chi connectivity index (χ0n) is 9.96. The highest BCUT2D eigenvalue weighted by atomic mass is 127. The van der Waals surface area contributed by atoms with Crippen LogP contribution in [0.1, 0.15) is 29.9 Å². The highest BCUT2D eigenvalue weighted by Crippen LogP contribution is 2.07. The van der Waals surface area contributed by atoms with Crippen LogP contribution in [0.2, 0.25) is 0 Å². The molecule has 0 fully saturated rings. The molecule has 1 amide bonds. The third kappa shape index (κ3) is 4.12. The summed E-state index contributed by atoms with van der Waals surface area (Å²) in [6.45, 7) is 6.12. The summed E-state index contributed by atoms with van der Waals surface area (Å²) in [4.78, 5) is 30.8. The molecule has 0 aliphatic carbocycles. The fourth-order valence-electron chi connectivity index (χ4n) is 1.10. The fraction of sp³-hybridized carbons (Fsp3) is 0.455. The maximum Gasteiger partial charge on any atom is 0.280 e. The average molecular weight is 350 g/mol. The second-order valence-electron chi connectivity index (χ2n) is 4.12. The van der Waals surface area contributed by atoms with Gasteiger partial charge >= 0.3 is 0 Å². The van der Waals surface area contributed by atoms with E-state index < -0.39 is 11.5 Å². The molecule has 0 aliphatic heterocycles. The Morgan fingerprint density at radius 2 is 2.24 bits per heavy atom. The van der Waals surface area contributed by atoms with Gasteiger partial charge in [-0.25, -0.2) is 5.48 Å². The maximum atomic E-state index is 11.7. The van der Waals surface area contributed by atoms with E-state index in [1.807, 2.05) is 13.8 Å². The molecule has 94 valence electrons. The molecule has 17 heavy (non-hydrogen) atoms. The molecule has 0 bridgehead atoms. The van der Waals surface area contributed by atoms with E-state index in [0.717, 1.165) is 9.26 Å². The van der Waals surface area contributed by atoms with Crippen molar-refractivity contribution in [2.45, 2.75) is 20.8 Å². The lowest BCUT2D eigenvalue weighted by molar-refractivity contribution is 0.0207. The van der Waals surface area contributed by atoms with Gasteiger partial charge in [0.05, 0.1) is 6.61 Å². The Balaban J connectivity index is 2.76. The highest BCUT2D eigenvalue weighted by molar-refractivity contribution is 14.1. The zero-order valence-corrected chi connectivity index (χ0v) is 12.1. The minimum atomic E-state index is -0.523. The second kappa shape index (κ2) is 6.15. The molecular formula is C11H15IN2O3. The standard InChI is InChI=1S/C11H15IN2O3/c1-6(2)5-17-14-11(16)8-4-9(12)7(3)13-10(8)15/h4,6H,5H2,1-3H3,(H,13,15)(H,14,16). The summed E-state index contributed by atoms with van der Waals surface area (Å²) in [6.07, 6.45) is 0. The van der Waals surface area contributed by atoms with Gasteiger partial charge in [-0.15, -0.1) is 0 Å². The summed E-state index contributed by atoms with van der Waals surface area (Å²) in [5.74, 6) is -0.212. The van der Waals surface area contributed by atoms with E-state index in [-0.39, 0.29) is 5.56 Å². The van der Waals surface area contributed by atoms with Gasteiger partial charge in [-0.3, -0.25) is 14.4 Å². The molecule has 0 radical (unpaired) electrons. The lowest BCUT2D eigenvalue weighted by Crippen LogP contribution is -2.31. The number of rotatable bonds is 4. The third-order valence-electron chi connectivity index (χ3n) is 2.00. The number of hydrogen-bond acceptors (Lipinski definition) is 3. The summed E-state index contributed by atoms with van der Waals surface area (Å²) in [7, 11) is 0. The van der Waals surface area contributed by atoms with E-state index in [1.165, 1.54) is 0 Å². The van der Waals surface area contributed by atoms with Crippen LogP contribution in [0.4, 0.5) is 0 Å². The molecule has 0 spiro atoms. The van der Waals surface area contributed by atoms with E-state index >= 15 is 0 Å². The largest absolute Gasteiger partial charge is 0.325 e. The first kappa shape index (κ1) is 14.2. The van der Waals surface area contributed by atoms with E-state index in [0.29, 0.717) is 12.5 Å². The molecule has 0 saturated heterocycles. The first-order chi connectivity index (χ1) is 7.91.